The maximum absolute atomic E-state index is 13.0. The number of carbonyl (C=O) groups is 3. The quantitative estimate of drug-likeness (QED) is 0.453. The van der Waals surface area contributed by atoms with Crippen LogP contribution in [0.2, 0.25) is 5.02 Å². The molecule has 4 rings (SSSR count). The van der Waals surface area contributed by atoms with Crippen molar-refractivity contribution in [3.05, 3.63) is 111 Å². The molecule has 0 atom stereocenters. The van der Waals surface area contributed by atoms with Crippen LogP contribution in [-0.4, -0.2) is 22.6 Å². The summed E-state index contributed by atoms with van der Waals surface area (Å²) in [7, 11) is 0. The molecule has 3 aromatic carbocycles. The Hall–Kier alpha value is -3.61. The highest BCUT2D eigenvalue weighted by Gasteiger charge is 2.38. The van der Waals surface area contributed by atoms with Crippen molar-refractivity contribution in [2.45, 2.75) is 20.0 Å². The third-order valence-electron chi connectivity index (χ3n) is 5.45. The Bertz CT molecular complexity index is 1310. The van der Waals surface area contributed by atoms with Crippen LogP contribution in [0.1, 0.15) is 27.0 Å². The molecule has 0 bridgehead atoms. The van der Waals surface area contributed by atoms with Gasteiger partial charge < -0.3 is 10.6 Å². The molecule has 34 heavy (non-hydrogen) atoms. The zero-order valence-electron chi connectivity index (χ0n) is 18.3. The number of nitrogens with one attached hydrogen (secondary N) is 2. The van der Waals surface area contributed by atoms with Crippen LogP contribution in [0, 0.1) is 6.92 Å². The van der Waals surface area contributed by atoms with Crippen LogP contribution in [0.5, 0.6) is 0 Å². The largest absolute Gasteiger partial charge is 0.349 e. The van der Waals surface area contributed by atoms with Gasteiger partial charge in [0.25, 0.3) is 17.7 Å². The molecule has 1 aliphatic rings. The first-order valence-corrected chi connectivity index (χ1v) is 11.3. The van der Waals surface area contributed by atoms with Gasteiger partial charge in [-0.05, 0) is 41.8 Å². The van der Waals surface area contributed by atoms with Crippen LogP contribution in [0.25, 0.3) is 0 Å². The Labute approximate surface area is 207 Å². The predicted molar refractivity (Wildman–Crippen MR) is 132 cm³/mol. The first kappa shape index (κ1) is 23.5. The summed E-state index contributed by atoms with van der Waals surface area (Å²) in [4.78, 5) is 39.4. The molecule has 0 spiro atoms. The minimum Gasteiger partial charge on any atom is -0.349 e. The lowest BCUT2D eigenvalue weighted by atomic mass is 10.1. The average Bonchev–Trinajstić information content (AvgIpc) is 3.03. The molecule has 2 N–H and O–H groups in total. The summed E-state index contributed by atoms with van der Waals surface area (Å²) in [5, 5.41) is 6.19. The molecule has 1 heterocycles. The van der Waals surface area contributed by atoms with Gasteiger partial charge in [0.05, 0.1) is 6.54 Å². The zero-order valence-corrected chi connectivity index (χ0v) is 19.8. The van der Waals surface area contributed by atoms with Crippen molar-refractivity contribution in [2.75, 3.05) is 5.32 Å². The fourth-order valence-corrected chi connectivity index (χ4v) is 3.95. The standard InChI is InChI=1S/C26H21Cl2N3O3/c1-16-11-12-18(24(32)29-14-19-9-5-6-10-20(19)27)13-21(16)30-23-22(28)25(33)31(26(23)34)15-17-7-3-2-4-8-17/h2-13,30H,14-15H2,1H3,(H,29,32). The number of imide groups is 1. The molecule has 6 nitrogen and oxygen atoms in total. The van der Waals surface area contributed by atoms with E-state index in [2.05, 4.69) is 10.6 Å². The number of hydrogen-bond acceptors (Lipinski definition) is 4. The van der Waals surface area contributed by atoms with Gasteiger partial charge in [-0.15, -0.1) is 0 Å². The highest BCUT2D eigenvalue weighted by Crippen LogP contribution is 2.28. The van der Waals surface area contributed by atoms with Crippen LogP contribution < -0.4 is 10.6 Å². The molecule has 0 saturated heterocycles. The van der Waals surface area contributed by atoms with Crippen LogP contribution in [0.4, 0.5) is 5.69 Å². The van der Waals surface area contributed by atoms with E-state index in [4.69, 9.17) is 23.2 Å². The molecule has 0 fully saturated rings. The van der Waals surface area contributed by atoms with E-state index in [1.54, 1.807) is 24.3 Å². The minimum atomic E-state index is -0.565. The van der Waals surface area contributed by atoms with Crippen molar-refractivity contribution >= 4 is 46.6 Å². The van der Waals surface area contributed by atoms with Crippen LogP contribution >= 0.6 is 23.2 Å². The molecule has 0 radical (unpaired) electrons. The van der Waals surface area contributed by atoms with E-state index in [-0.39, 0.29) is 29.7 Å². The van der Waals surface area contributed by atoms with Crippen molar-refractivity contribution in [2.24, 2.45) is 0 Å². The summed E-state index contributed by atoms with van der Waals surface area (Å²) in [5.74, 6) is -1.39. The van der Waals surface area contributed by atoms with Gasteiger partial charge in [-0.25, -0.2) is 0 Å². The molecular weight excluding hydrogens is 473 g/mol. The third-order valence-corrected chi connectivity index (χ3v) is 6.17. The first-order chi connectivity index (χ1) is 16.3. The van der Waals surface area contributed by atoms with Gasteiger partial charge in [-0.1, -0.05) is 77.8 Å². The van der Waals surface area contributed by atoms with E-state index < -0.39 is 11.8 Å². The Morgan fingerprint density at radius 2 is 1.62 bits per heavy atom. The van der Waals surface area contributed by atoms with Crippen molar-refractivity contribution in [3.8, 4) is 0 Å². The Balaban J connectivity index is 1.49. The summed E-state index contributed by atoms with van der Waals surface area (Å²) >= 11 is 12.4. The van der Waals surface area contributed by atoms with Gasteiger partial charge in [0.1, 0.15) is 10.7 Å². The lowest BCUT2D eigenvalue weighted by Gasteiger charge is -2.16. The van der Waals surface area contributed by atoms with E-state index in [9.17, 15) is 14.4 Å². The van der Waals surface area contributed by atoms with Crippen molar-refractivity contribution in [3.63, 3.8) is 0 Å². The zero-order chi connectivity index (χ0) is 24.2. The molecule has 0 saturated carbocycles. The number of halogens is 2. The van der Waals surface area contributed by atoms with E-state index in [0.717, 1.165) is 21.6 Å². The molecular formula is C26H21Cl2N3O3. The number of aryl methyl sites for hydroxylation is 1. The molecule has 0 aromatic heterocycles. The van der Waals surface area contributed by atoms with E-state index >= 15 is 0 Å². The lowest BCUT2D eigenvalue weighted by Crippen LogP contribution is -2.31. The Morgan fingerprint density at radius 3 is 2.35 bits per heavy atom. The summed E-state index contributed by atoms with van der Waals surface area (Å²) in [5.41, 5.74) is 3.26. The van der Waals surface area contributed by atoms with Crippen molar-refractivity contribution in [1.82, 2.24) is 10.2 Å². The average molecular weight is 494 g/mol. The van der Waals surface area contributed by atoms with Gasteiger partial charge >= 0.3 is 0 Å². The number of nitrogens with zero attached hydrogens (tertiary/aromatic N) is 1. The van der Waals surface area contributed by atoms with Gasteiger partial charge in [0.2, 0.25) is 0 Å². The van der Waals surface area contributed by atoms with Crippen molar-refractivity contribution in [1.29, 1.82) is 0 Å². The second-order valence-corrected chi connectivity index (χ2v) is 8.58. The highest BCUT2D eigenvalue weighted by molar-refractivity contribution is 6.48. The molecule has 1 aliphatic heterocycles. The third kappa shape index (κ3) is 4.98. The fraction of sp³-hybridized carbons (Fsp3) is 0.115. The van der Waals surface area contributed by atoms with E-state index in [1.807, 2.05) is 55.5 Å². The smallest absolute Gasteiger partial charge is 0.279 e. The number of rotatable bonds is 7. The first-order valence-electron chi connectivity index (χ1n) is 10.5. The van der Waals surface area contributed by atoms with Crippen LogP contribution in [0.15, 0.2) is 83.5 Å². The summed E-state index contributed by atoms with van der Waals surface area (Å²) in [6.45, 7) is 2.21. The predicted octanol–water partition coefficient (Wildman–Crippen LogP) is 5.01. The molecule has 3 amide bonds. The number of carbonyl (C=O) groups excluding carboxylic acids is 3. The van der Waals surface area contributed by atoms with Crippen molar-refractivity contribution < 1.29 is 14.4 Å². The molecule has 8 heteroatoms. The van der Waals surface area contributed by atoms with E-state index in [1.165, 1.54) is 0 Å². The molecule has 172 valence electrons. The summed E-state index contributed by atoms with van der Waals surface area (Å²) in [6, 6.07) is 21.5. The van der Waals surface area contributed by atoms with Gasteiger partial charge in [-0.3, -0.25) is 19.3 Å². The SMILES string of the molecule is Cc1ccc(C(=O)NCc2ccccc2Cl)cc1NC1=C(Cl)C(=O)N(Cc2ccccc2)C1=O. The number of benzene rings is 3. The maximum atomic E-state index is 13.0. The second kappa shape index (κ2) is 10.1. The second-order valence-electron chi connectivity index (χ2n) is 7.80. The molecule has 0 aliphatic carbocycles. The maximum Gasteiger partial charge on any atom is 0.279 e. The van der Waals surface area contributed by atoms with Gasteiger partial charge in [0, 0.05) is 22.8 Å². The molecule has 3 aromatic rings. The summed E-state index contributed by atoms with van der Waals surface area (Å²) in [6.07, 6.45) is 0. The van der Waals surface area contributed by atoms with Gasteiger partial charge in [-0.2, -0.15) is 0 Å². The monoisotopic (exact) mass is 493 g/mol. The number of amides is 3. The summed E-state index contributed by atoms with van der Waals surface area (Å²) < 4.78 is 0. The van der Waals surface area contributed by atoms with Crippen LogP contribution in [-0.2, 0) is 22.7 Å². The highest BCUT2D eigenvalue weighted by atomic mass is 35.5. The normalized spacial score (nSPS) is 13.4. The fourth-order valence-electron chi connectivity index (χ4n) is 3.52. The Morgan fingerprint density at radius 1 is 0.912 bits per heavy atom. The lowest BCUT2D eigenvalue weighted by molar-refractivity contribution is -0.138. The number of hydrogen-bond donors (Lipinski definition) is 2. The number of anilines is 1. The minimum absolute atomic E-state index is 0.0145. The van der Waals surface area contributed by atoms with E-state index in [0.29, 0.717) is 16.3 Å². The Kier molecular flexibility index (Phi) is 7.01. The van der Waals surface area contributed by atoms with Crippen LogP contribution in [0.3, 0.4) is 0 Å². The topological polar surface area (TPSA) is 78.5 Å². The van der Waals surface area contributed by atoms with Gasteiger partial charge in [0.15, 0.2) is 0 Å². The molecule has 0 unspecified atom stereocenters.